The minimum absolute atomic E-state index is 0.820. The molecule has 15 heavy (non-hydrogen) atoms. The van der Waals surface area contributed by atoms with Crippen molar-refractivity contribution in [2.45, 2.75) is 12.8 Å². The van der Waals surface area contributed by atoms with Gasteiger partial charge in [-0.15, -0.1) is 0 Å². The molecule has 2 nitrogen and oxygen atoms in total. The third-order valence-electron chi connectivity index (χ3n) is 2.66. The molecule has 0 saturated carbocycles. The van der Waals surface area contributed by atoms with Crippen molar-refractivity contribution in [3.05, 3.63) is 22.8 Å². The number of nitrogens with zero attached hydrogens (tertiary/aromatic N) is 1. The highest BCUT2D eigenvalue weighted by atomic mass is 79.9. The van der Waals surface area contributed by atoms with Gasteiger partial charge in [-0.2, -0.15) is 11.8 Å². The third-order valence-corrected chi connectivity index (χ3v) is 4.35. The van der Waals surface area contributed by atoms with Crippen molar-refractivity contribution in [1.29, 1.82) is 0 Å². The van der Waals surface area contributed by atoms with Gasteiger partial charge in [0.15, 0.2) is 0 Å². The maximum Gasteiger partial charge on any atom is 0.140 e. The first-order valence-electron chi connectivity index (χ1n) is 5.28. The van der Waals surface area contributed by atoms with Gasteiger partial charge in [0.2, 0.25) is 0 Å². The van der Waals surface area contributed by atoms with Gasteiger partial charge >= 0.3 is 0 Å². The van der Waals surface area contributed by atoms with Gasteiger partial charge < -0.3 is 5.32 Å². The number of pyridine rings is 1. The summed E-state index contributed by atoms with van der Waals surface area (Å²) < 4.78 is 1.05. The monoisotopic (exact) mass is 286 g/mol. The average molecular weight is 287 g/mol. The fourth-order valence-electron chi connectivity index (χ4n) is 1.71. The summed E-state index contributed by atoms with van der Waals surface area (Å²) in [7, 11) is 0. The van der Waals surface area contributed by atoms with Gasteiger partial charge in [-0.25, -0.2) is 4.98 Å². The number of anilines is 1. The highest BCUT2D eigenvalue weighted by molar-refractivity contribution is 9.10. The van der Waals surface area contributed by atoms with Crippen LogP contribution in [0.25, 0.3) is 0 Å². The highest BCUT2D eigenvalue weighted by Crippen LogP contribution is 2.24. The van der Waals surface area contributed by atoms with Crippen LogP contribution in [-0.2, 0) is 0 Å². The van der Waals surface area contributed by atoms with Crippen LogP contribution in [0.3, 0.4) is 0 Å². The number of hydrogen-bond acceptors (Lipinski definition) is 3. The number of hydrogen-bond donors (Lipinski definition) is 1. The summed E-state index contributed by atoms with van der Waals surface area (Å²) in [4.78, 5) is 4.30. The maximum absolute atomic E-state index is 4.30. The van der Waals surface area contributed by atoms with Crippen LogP contribution in [0.15, 0.2) is 22.8 Å². The maximum atomic E-state index is 4.30. The zero-order valence-electron chi connectivity index (χ0n) is 8.58. The molecular formula is C11H15BrN2S. The molecule has 0 radical (unpaired) electrons. The molecule has 1 fully saturated rings. The number of halogens is 1. The molecule has 2 rings (SSSR count). The molecular weight excluding hydrogens is 272 g/mol. The van der Waals surface area contributed by atoms with Crippen LogP contribution in [0, 0.1) is 5.92 Å². The summed E-state index contributed by atoms with van der Waals surface area (Å²) in [5, 5.41) is 3.42. The summed E-state index contributed by atoms with van der Waals surface area (Å²) in [5.41, 5.74) is 0. The van der Waals surface area contributed by atoms with Crippen LogP contribution in [0.4, 0.5) is 5.82 Å². The Kier molecular flexibility index (Phi) is 4.32. The van der Waals surface area contributed by atoms with Crippen molar-refractivity contribution in [1.82, 2.24) is 4.98 Å². The number of thioether (sulfide) groups is 1. The van der Waals surface area contributed by atoms with E-state index in [9.17, 15) is 0 Å². The first kappa shape index (κ1) is 11.3. The van der Waals surface area contributed by atoms with E-state index >= 15 is 0 Å². The summed E-state index contributed by atoms with van der Waals surface area (Å²) >= 11 is 5.56. The Morgan fingerprint density at radius 2 is 2.27 bits per heavy atom. The number of nitrogens with one attached hydrogen (secondary N) is 1. The molecule has 1 N–H and O–H groups in total. The van der Waals surface area contributed by atoms with E-state index in [1.165, 1.54) is 24.3 Å². The lowest BCUT2D eigenvalue weighted by atomic mass is 10.0. The molecule has 1 aromatic heterocycles. The predicted molar refractivity (Wildman–Crippen MR) is 70.5 cm³/mol. The Balaban J connectivity index is 1.84. The molecule has 1 aromatic rings. The molecule has 1 aliphatic heterocycles. The summed E-state index contributed by atoms with van der Waals surface area (Å²) in [6, 6.07) is 3.96. The van der Waals surface area contributed by atoms with Crippen LogP contribution < -0.4 is 5.32 Å². The van der Waals surface area contributed by atoms with Gasteiger partial charge in [-0.1, -0.05) is 0 Å². The quantitative estimate of drug-likeness (QED) is 0.922. The second kappa shape index (κ2) is 5.75. The SMILES string of the molecule is Brc1cccnc1NCC1CCSCC1. The largest absolute Gasteiger partial charge is 0.369 e. The normalized spacial score (nSPS) is 17.7. The van der Waals surface area contributed by atoms with Crippen LogP contribution in [0.2, 0.25) is 0 Å². The second-order valence-corrected chi connectivity index (χ2v) is 5.85. The van der Waals surface area contributed by atoms with Crippen molar-refractivity contribution in [2.24, 2.45) is 5.92 Å². The van der Waals surface area contributed by atoms with Gasteiger partial charge in [0.05, 0.1) is 4.47 Å². The third kappa shape index (κ3) is 3.38. The van der Waals surface area contributed by atoms with Gasteiger partial charge in [-0.05, 0) is 58.3 Å². The van der Waals surface area contributed by atoms with Crippen molar-refractivity contribution >= 4 is 33.5 Å². The molecule has 0 bridgehead atoms. The van der Waals surface area contributed by atoms with E-state index in [2.05, 4.69) is 38.0 Å². The lowest BCUT2D eigenvalue weighted by Crippen LogP contribution is -2.19. The molecule has 0 unspecified atom stereocenters. The molecule has 82 valence electrons. The molecule has 1 aliphatic rings. The van der Waals surface area contributed by atoms with Crippen molar-refractivity contribution < 1.29 is 0 Å². The zero-order valence-corrected chi connectivity index (χ0v) is 11.0. The molecule has 0 aliphatic carbocycles. The number of rotatable bonds is 3. The fraction of sp³-hybridized carbons (Fsp3) is 0.545. The predicted octanol–water partition coefficient (Wildman–Crippen LogP) is 3.40. The van der Waals surface area contributed by atoms with E-state index in [4.69, 9.17) is 0 Å². The van der Waals surface area contributed by atoms with Gasteiger partial charge in [0, 0.05) is 12.7 Å². The average Bonchev–Trinajstić information content (AvgIpc) is 2.29. The van der Waals surface area contributed by atoms with E-state index in [0.717, 1.165) is 22.8 Å². The van der Waals surface area contributed by atoms with Gasteiger partial charge in [0.1, 0.15) is 5.82 Å². The Hall–Kier alpha value is -0.220. The minimum atomic E-state index is 0.820. The summed E-state index contributed by atoms with van der Waals surface area (Å²) in [6.07, 6.45) is 4.49. The van der Waals surface area contributed by atoms with Gasteiger partial charge in [-0.3, -0.25) is 0 Å². The molecule has 2 heterocycles. The zero-order chi connectivity index (χ0) is 10.5. The molecule has 1 saturated heterocycles. The summed E-state index contributed by atoms with van der Waals surface area (Å²) in [5.74, 6) is 4.42. The first-order chi connectivity index (χ1) is 7.36. The lowest BCUT2D eigenvalue weighted by Gasteiger charge is -2.21. The molecule has 0 atom stereocenters. The molecule has 0 aromatic carbocycles. The molecule has 0 spiro atoms. The Morgan fingerprint density at radius 3 is 3.00 bits per heavy atom. The van der Waals surface area contributed by atoms with Crippen LogP contribution in [-0.4, -0.2) is 23.0 Å². The second-order valence-electron chi connectivity index (χ2n) is 3.77. The fourth-order valence-corrected chi connectivity index (χ4v) is 3.31. The van der Waals surface area contributed by atoms with Crippen molar-refractivity contribution in [3.8, 4) is 0 Å². The van der Waals surface area contributed by atoms with Crippen molar-refractivity contribution in [2.75, 3.05) is 23.4 Å². The summed E-state index contributed by atoms with van der Waals surface area (Å²) in [6.45, 7) is 1.05. The minimum Gasteiger partial charge on any atom is -0.369 e. The van der Waals surface area contributed by atoms with E-state index in [1.807, 2.05) is 18.3 Å². The smallest absolute Gasteiger partial charge is 0.140 e. The van der Waals surface area contributed by atoms with E-state index < -0.39 is 0 Å². The standard InChI is InChI=1S/C11H15BrN2S/c12-10-2-1-5-13-11(10)14-8-9-3-6-15-7-4-9/h1-2,5,9H,3-4,6-8H2,(H,13,14). The Morgan fingerprint density at radius 1 is 1.47 bits per heavy atom. The topological polar surface area (TPSA) is 24.9 Å². The van der Waals surface area contributed by atoms with Crippen LogP contribution >= 0.6 is 27.7 Å². The highest BCUT2D eigenvalue weighted by Gasteiger charge is 2.13. The van der Waals surface area contributed by atoms with E-state index in [0.29, 0.717) is 0 Å². The van der Waals surface area contributed by atoms with E-state index in [1.54, 1.807) is 0 Å². The first-order valence-corrected chi connectivity index (χ1v) is 7.23. The molecule has 0 amide bonds. The van der Waals surface area contributed by atoms with Crippen LogP contribution in [0.1, 0.15) is 12.8 Å². The molecule has 4 heteroatoms. The number of aromatic nitrogens is 1. The Bertz CT molecular complexity index is 313. The Labute approximate surface area is 103 Å². The van der Waals surface area contributed by atoms with Crippen LogP contribution in [0.5, 0.6) is 0 Å². The van der Waals surface area contributed by atoms with Gasteiger partial charge in [0.25, 0.3) is 0 Å². The van der Waals surface area contributed by atoms with Crippen molar-refractivity contribution in [3.63, 3.8) is 0 Å². The lowest BCUT2D eigenvalue weighted by molar-refractivity contribution is 0.515. The van der Waals surface area contributed by atoms with E-state index in [-0.39, 0.29) is 0 Å².